The molecule has 0 fully saturated rings. The molecule has 2 aromatic rings. The number of aryl methyl sites for hydroxylation is 1. The number of methoxy groups -OCH3 is 1. The molecule has 6 heteroatoms. The van der Waals surface area contributed by atoms with Gasteiger partial charge in [0, 0.05) is 28.2 Å². The molecule has 0 amide bonds. The summed E-state index contributed by atoms with van der Waals surface area (Å²) in [5.74, 6) is 2.76. The minimum atomic E-state index is 0.512. The fraction of sp³-hybridized carbons (Fsp3) is 0.333. The van der Waals surface area contributed by atoms with Gasteiger partial charge >= 0.3 is 0 Å². The van der Waals surface area contributed by atoms with E-state index in [9.17, 15) is 0 Å². The van der Waals surface area contributed by atoms with Crippen LogP contribution in [-0.4, -0.2) is 17.1 Å². The fourth-order valence-corrected chi connectivity index (χ4v) is 2.40. The molecular formula is C15H19BrN4O. The molecule has 0 atom stereocenters. The lowest BCUT2D eigenvalue weighted by Gasteiger charge is -2.13. The minimum Gasteiger partial charge on any atom is -0.497 e. The Hall–Kier alpha value is -1.82. The predicted octanol–water partition coefficient (Wildman–Crippen LogP) is 3.83. The highest BCUT2D eigenvalue weighted by Gasteiger charge is 2.09. The molecule has 112 valence electrons. The number of nitrogens with one attached hydrogen (secondary N) is 1. The van der Waals surface area contributed by atoms with Gasteiger partial charge in [-0.05, 0) is 25.5 Å². The molecule has 0 spiro atoms. The number of ether oxygens (including phenoxy) is 1. The largest absolute Gasteiger partial charge is 0.497 e. The Morgan fingerprint density at radius 2 is 2.05 bits per heavy atom. The van der Waals surface area contributed by atoms with E-state index in [1.165, 1.54) is 0 Å². The van der Waals surface area contributed by atoms with Gasteiger partial charge < -0.3 is 15.8 Å². The van der Waals surface area contributed by atoms with Crippen molar-refractivity contribution in [1.82, 2.24) is 9.97 Å². The second-order valence-corrected chi connectivity index (χ2v) is 5.67. The zero-order valence-corrected chi connectivity index (χ0v) is 14.0. The summed E-state index contributed by atoms with van der Waals surface area (Å²) in [6.07, 6.45) is 1.79. The lowest BCUT2D eigenvalue weighted by atomic mass is 10.2. The maximum Gasteiger partial charge on any atom is 0.139 e. The number of hydrogen-bond donors (Lipinski definition) is 2. The quantitative estimate of drug-likeness (QED) is 0.856. The maximum absolute atomic E-state index is 5.97. The summed E-state index contributed by atoms with van der Waals surface area (Å²) < 4.78 is 6.19. The van der Waals surface area contributed by atoms with Gasteiger partial charge in [0.15, 0.2) is 0 Å². The zero-order valence-electron chi connectivity index (χ0n) is 12.4. The van der Waals surface area contributed by atoms with Crippen molar-refractivity contribution in [2.75, 3.05) is 18.2 Å². The molecule has 2 rings (SSSR count). The Kier molecular flexibility index (Phi) is 5.01. The first-order valence-corrected chi connectivity index (χ1v) is 7.57. The van der Waals surface area contributed by atoms with Gasteiger partial charge in [-0.3, -0.25) is 0 Å². The second-order valence-electron chi connectivity index (χ2n) is 4.75. The van der Waals surface area contributed by atoms with Crippen LogP contribution in [0.3, 0.4) is 0 Å². The van der Waals surface area contributed by atoms with E-state index >= 15 is 0 Å². The van der Waals surface area contributed by atoms with E-state index in [1.54, 1.807) is 7.11 Å². The summed E-state index contributed by atoms with van der Waals surface area (Å²) in [6.45, 7) is 3.99. The second kappa shape index (κ2) is 6.76. The van der Waals surface area contributed by atoms with Crippen LogP contribution in [0.15, 0.2) is 22.7 Å². The third-order valence-corrected chi connectivity index (χ3v) is 3.53. The zero-order chi connectivity index (χ0) is 15.4. The van der Waals surface area contributed by atoms with Crippen molar-refractivity contribution in [3.8, 4) is 5.75 Å². The third-order valence-electron chi connectivity index (χ3n) is 3.07. The molecule has 0 radical (unpaired) electrons. The van der Waals surface area contributed by atoms with Crippen molar-refractivity contribution < 1.29 is 4.74 Å². The monoisotopic (exact) mass is 350 g/mol. The van der Waals surface area contributed by atoms with E-state index in [4.69, 9.17) is 10.5 Å². The third kappa shape index (κ3) is 3.85. The molecule has 0 unspecified atom stereocenters. The molecule has 0 saturated carbocycles. The van der Waals surface area contributed by atoms with Gasteiger partial charge in [0.2, 0.25) is 0 Å². The van der Waals surface area contributed by atoms with Crippen molar-refractivity contribution in [2.45, 2.75) is 26.7 Å². The first-order valence-electron chi connectivity index (χ1n) is 6.78. The highest BCUT2D eigenvalue weighted by molar-refractivity contribution is 9.10. The first kappa shape index (κ1) is 15.6. The molecule has 1 heterocycles. The topological polar surface area (TPSA) is 73.1 Å². The lowest BCUT2D eigenvalue weighted by Crippen LogP contribution is -2.07. The molecule has 1 aromatic heterocycles. The van der Waals surface area contributed by atoms with Crippen LogP contribution < -0.4 is 15.8 Å². The summed E-state index contributed by atoms with van der Waals surface area (Å²) in [7, 11) is 1.64. The molecule has 5 nitrogen and oxygen atoms in total. The molecule has 1 aromatic carbocycles. The van der Waals surface area contributed by atoms with Crippen LogP contribution >= 0.6 is 15.9 Å². The van der Waals surface area contributed by atoms with Crippen LogP contribution in [0.25, 0.3) is 0 Å². The van der Waals surface area contributed by atoms with Gasteiger partial charge in [-0.2, -0.15) is 0 Å². The van der Waals surface area contributed by atoms with Crippen molar-refractivity contribution in [3.05, 3.63) is 34.1 Å². The summed E-state index contributed by atoms with van der Waals surface area (Å²) in [4.78, 5) is 8.85. The Bertz CT molecular complexity index is 646. The van der Waals surface area contributed by atoms with Gasteiger partial charge in [0.25, 0.3) is 0 Å². The number of benzene rings is 1. The summed E-state index contributed by atoms with van der Waals surface area (Å²) in [5.41, 5.74) is 7.69. The van der Waals surface area contributed by atoms with Gasteiger partial charge in [-0.15, -0.1) is 0 Å². The SMILES string of the molecule is CCCc1nc(N)c(C)c(Nc2cc(Br)cc(OC)c2)n1. The van der Waals surface area contributed by atoms with Gasteiger partial charge in [0.1, 0.15) is 23.2 Å². The van der Waals surface area contributed by atoms with E-state index in [1.807, 2.05) is 25.1 Å². The molecule has 21 heavy (non-hydrogen) atoms. The molecular weight excluding hydrogens is 332 g/mol. The normalized spacial score (nSPS) is 10.5. The van der Waals surface area contributed by atoms with Crippen molar-refractivity contribution in [3.63, 3.8) is 0 Å². The molecule has 0 aliphatic rings. The maximum atomic E-state index is 5.97. The van der Waals surface area contributed by atoms with Crippen molar-refractivity contribution in [2.24, 2.45) is 0 Å². The Balaban J connectivity index is 2.36. The molecule has 0 bridgehead atoms. The number of nitrogens with zero attached hydrogens (tertiary/aromatic N) is 2. The van der Waals surface area contributed by atoms with Crippen LogP contribution in [-0.2, 0) is 6.42 Å². The number of halogens is 1. The Morgan fingerprint density at radius 1 is 1.29 bits per heavy atom. The van der Waals surface area contributed by atoms with E-state index in [0.29, 0.717) is 5.82 Å². The Morgan fingerprint density at radius 3 is 2.71 bits per heavy atom. The van der Waals surface area contributed by atoms with Crippen molar-refractivity contribution in [1.29, 1.82) is 0 Å². The Labute approximate surface area is 133 Å². The van der Waals surface area contributed by atoms with Crippen LogP contribution in [0.1, 0.15) is 24.7 Å². The molecule has 0 aliphatic carbocycles. The van der Waals surface area contributed by atoms with E-state index < -0.39 is 0 Å². The van der Waals surface area contributed by atoms with Gasteiger partial charge in [-0.25, -0.2) is 9.97 Å². The molecule has 0 saturated heterocycles. The fourth-order valence-electron chi connectivity index (χ4n) is 1.93. The smallest absolute Gasteiger partial charge is 0.139 e. The molecule has 3 N–H and O–H groups in total. The summed E-state index contributed by atoms with van der Waals surface area (Å²) in [5, 5.41) is 3.29. The first-order chi connectivity index (χ1) is 10.0. The van der Waals surface area contributed by atoms with Crippen LogP contribution in [0.2, 0.25) is 0 Å². The number of nitrogens with two attached hydrogens (primary N) is 1. The number of anilines is 3. The lowest BCUT2D eigenvalue weighted by molar-refractivity contribution is 0.415. The van der Waals surface area contributed by atoms with E-state index in [0.717, 1.165) is 46.0 Å². The average molecular weight is 351 g/mol. The number of hydrogen-bond acceptors (Lipinski definition) is 5. The predicted molar refractivity (Wildman–Crippen MR) is 89.2 cm³/mol. The van der Waals surface area contributed by atoms with Crippen LogP contribution in [0.4, 0.5) is 17.3 Å². The van der Waals surface area contributed by atoms with Gasteiger partial charge in [0.05, 0.1) is 7.11 Å². The highest BCUT2D eigenvalue weighted by atomic mass is 79.9. The van der Waals surface area contributed by atoms with Crippen LogP contribution in [0.5, 0.6) is 5.75 Å². The van der Waals surface area contributed by atoms with Crippen LogP contribution in [0, 0.1) is 6.92 Å². The van der Waals surface area contributed by atoms with E-state index in [-0.39, 0.29) is 0 Å². The summed E-state index contributed by atoms with van der Waals surface area (Å²) in [6, 6.07) is 5.76. The average Bonchev–Trinajstić information content (AvgIpc) is 2.44. The minimum absolute atomic E-state index is 0.512. The highest BCUT2D eigenvalue weighted by Crippen LogP contribution is 2.28. The van der Waals surface area contributed by atoms with Gasteiger partial charge in [-0.1, -0.05) is 22.9 Å². The number of aromatic nitrogens is 2. The standard InChI is InChI=1S/C15H19BrN4O/c1-4-5-13-19-14(17)9(2)15(20-13)18-11-6-10(16)7-12(8-11)21-3/h6-8H,4-5H2,1-3H3,(H3,17,18,19,20). The molecule has 0 aliphatic heterocycles. The summed E-state index contributed by atoms with van der Waals surface area (Å²) >= 11 is 3.46. The van der Waals surface area contributed by atoms with E-state index in [2.05, 4.69) is 38.1 Å². The number of rotatable bonds is 5. The number of nitrogen functional groups attached to an aromatic ring is 1. The van der Waals surface area contributed by atoms with Crippen molar-refractivity contribution >= 4 is 33.3 Å².